The molecule has 0 saturated heterocycles. The Balaban J connectivity index is 2.93. The molecule has 1 aromatic rings. The Kier molecular flexibility index (Phi) is 5.08. The average Bonchev–Trinajstić information content (AvgIpc) is 2.29. The number of alkyl halides is 1. The molecule has 1 aromatic carbocycles. The van der Waals surface area contributed by atoms with E-state index < -0.39 is 7.14 Å². The molecule has 0 N–H and O–H groups in total. The minimum Gasteiger partial charge on any atom is -0.323 e. The molecule has 15 heavy (non-hydrogen) atoms. The zero-order valence-electron chi connectivity index (χ0n) is 9.37. The fourth-order valence-electron chi connectivity index (χ4n) is 1.60. The van der Waals surface area contributed by atoms with E-state index >= 15 is 0 Å². The van der Waals surface area contributed by atoms with Crippen molar-refractivity contribution in [1.29, 1.82) is 0 Å². The van der Waals surface area contributed by atoms with Crippen LogP contribution in [0.25, 0.3) is 0 Å². The van der Waals surface area contributed by atoms with Crippen molar-refractivity contribution in [3.8, 4) is 0 Å². The fraction of sp³-hybridized carbons (Fsp3) is 0.500. The first-order valence-corrected chi connectivity index (χ1v) is 8.73. The first-order chi connectivity index (χ1) is 7.15. The van der Waals surface area contributed by atoms with Gasteiger partial charge in [0, 0.05) is 11.5 Å². The third kappa shape index (κ3) is 3.46. The summed E-state index contributed by atoms with van der Waals surface area (Å²) in [4.78, 5) is 0. The molecule has 0 aliphatic heterocycles. The predicted molar refractivity (Wildman–Crippen MR) is 71.5 cm³/mol. The number of rotatable bonds is 5. The minimum absolute atomic E-state index is 0.752. The van der Waals surface area contributed by atoms with Crippen molar-refractivity contribution in [3.63, 3.8) is 0 Å². The summed E-state index contributed by atoms with van der Waals surface area (Å²) in [5.74, 6) is 0. The van der Waals surface area contributed by atoms with Gasteiger partial charge in [0.05, 0.1) is 7.14 Å². The van der Waals surface area contributed by atoms with Gasteiger partial charge in [-0.05, 0) is 23.5 Å². The molecular formula is C12H18BrOP. The second-order valence-corrected chi connectivity index (χ2v) is 8.01. The Morgan fingerprint density at radius 1 is 1.13 bits per heavy atom. The van der Waals surface area contributed by atoms with Crippen molar-refractivity contribution in [2.24, 2.45) is 0 Å². The van der Waals surface area contributed by atoms with Crippen LogP contribution in [0.1, 0.15) is 25.0 Å². The molecule has 0 aromatic heterocycles. The van der Waals surface area contributed by atoms with Crippen molar-refractivity contribution in [2.45, 2.75) is 25.3 Å². The van der Waals surface area contributed by atoms with Crippen molar-refractivity contribution in [3.05, 3.63) is 35.4 Å². The number of benzene rings is 1. The van der Waals surface area contributed by atoms with Crippen molar-refractivity contribution < 1.29 is 4.57 Å². The zero-order chi connectivity index (χ0) is 11.3. The van der Waals surface area contributed by atoms with E-state index in [4.69, 9.17) is 0 Å². The van der Waals surface area contributed by atoms with Crippen molar-refractivity contribution in [2.75, 3.05) is 12.3 Å². The summed E-state index contributed by atoms with van der Waals surface area (Å²) in [6.07, 6.45) is 2.36. The third-order valence-corrected chi connectivity index (χ3v) is 6.70. The molecule has 0 heterocycles. The normalized spacial score (nSPS) is 11.7. The highest BCUT2D eigenvalue weighted by Gasteiger charge is 2.18. The van der Waals surface area contributed by atoms with E-state index in [0.717, 1.165) is 23.8 Å². The molecular weight excluding hydrogens is 271 g/mol. The van der Waals surface area contributed by atoms with Crippen LogP contribution in [0.15, 0.2) is 24.3 Å². The Hall–Kier alpha value is -0.0700. The highest BCUT2D eigenvalue weighted by Crippen LogP contribution is 2.48. The second-order valence-electron chi connectivity index (χ2n) is 3.75. The molecule has 0 fully saturated rings. The number of hydrogen-bond acceptors (Lipinski definition) is 1. The topological polar surface area (TPSA) is 17.1 Å². The van der Waals surface area contributed by atoms with Crippen molar-refractivity contribution in [1.82, 2.24) is 0 Å². The number of halogens is 1. The van der Waals surface area contributed by atoms with Crippen LogP contribution in [0.2, 0.25) is 0 Å². The van der Waals surface area contributed by atoms with Gasteiger partial charge in [0.1, 0.15) is 0 Å². The van der Waals surface area contributed by atoms with Gasteiger partial charge in [-0.15, -0.1) is 0 Å². The Morgan fingerprint density at radius 3 is 2.13 bits per heavy atom. The number of hydrogen-bond donors (Lipinski definition) is 0. The standard InChI is InChI=1S/C12H18BrOP/c1-3-15(14,4-2)10-12-8-6-5-7-11(12)9-13/h5-8H,3-4,9-10H2,1-2H3. The van der Waals surface area contributed by atoms with E-state index in [-0.39, 0.29) is 0 Å². The van der Waals surface area contributed by atoms with Crippen molar-refractivity contribution >= 4 is 23.1 Å². The van der Waals surface area contributed by atoms with E-state index in [2.05, 4.69) is 28.1 Å². The van der Waals surface area contributed by atoms with Crippen LogP contribution >= 0.6 is 23.1 Å². The maximum absolute atomic E-state index is 12.4. The van der Waals surface area contributed by atoms with Gasteiger partial charge < -0.3 is 4.57 Å². The molecule has 0 bridgehead atoms. The third-order valence-electron chi connectivity index (χ3n) is 2.87. The lowest BCUT2D eigenvalue weighted by molar-refractivity contribution is 0.575. The van der Waals surface area contributed by atoms with Gasteiger partial charge in [0.15, 0.2) is 0 Å². The van der Waals surface area contributed by atoms with E-state index in [1.165, 1.54) is 11.1 Å². The smallest absolute Gasteiger partial charge is 0.0914 e. The van der Waals surface area contributed by atoms with Crippen LogP contribution in [-0.2, 0) is 16.1 Å². The SMILES string of the molecule is CCP(=O)(CC)Cc1ccccc1CBr. The van der Waals surface area contributed by atoms with Crippen LogP contribution in [0, 0.1) is 0 Å². The Bertz CT molecular complexity index is 354. The van der Waals surface area contributed by atoms with Crippen LogP contribution in [-0.4, -0.2) is 12.3 Å². The van der Waals surface area contributed by atoms with Gasteiger partial charge >= 0.3 is 0 Å². The first kappa shape index (κ1) is 13.0. The monoisotopic (exact) mass is 288 g/mol. The second kappa shape index (κ2) is 5.86. The summed E-state index contributed by atoms with van der Waals surface area (Å²) in [5, 5.41) is 0.844. The molecule has 0 aliphatic carbocycles. The van der Waals surface area contributed by atoms with Crippen LogP contribution in [0.5, 0.6) is 0 Å². The Morgan fingerprint density at radius 2 is 1.67 bits per heavy atom. The first-order valence-electron chi connectivity index (χ1n) is 5.35. The van der Waals surface area contributed by atoms with Crippen LogP contribution in [0.4, 0.5) is 0 Å². The summed E-state index contributed by atoms with van der Waals surface area (Å²) < 4.78 is 12.4. The Labute approximate surface area is 101 Å². The van der Waals surface area contributed by atoms with Gasteiger partial charge in [-0.3, -0.25) is 0 Å². The largest absolute Gasteiger partial charge is 0.323 e. The molecule has 1 rings (SSSR count). The van der Waals surface area contributed by atoms with Gasteiger partial charge in [-0.1, -0.05) is 54.0 Å². The molecule has 84 valence electrons. The van der Waals surface area contributed by atoms with E-state index in [0.29, 0.717) is 0 Å². The lowest BCUT2D eigenvalue weighted by Crippen LogP contribution is -1.97. The molecule has 1 nitrogen and oxygen atoms in total. The zero-order valence-corrected chi connectivity index (χ0v) is 11.9. The van der Waals surface area contributed by atoms with E-state index in [1.54, 1.807) is 0 Å². The highest BCUT2D eigenvalue weighted by atomic mass is 79.9. The van der Waals surface area contributed by atoms with Gasteiger partial charge in [0.25, 0.3) is 0 Å². The molecule has 0 saturated carbocycles. The predicted octanol–water partition coefficient (Wildman–Crippen LogP) is 4.48. The summed E-state index contributed by atoms with van der Waals surface area (Å²) in [7, 11) is -1.96. The molecule has 0 unspecified atom stereocenters. The summed E-state index contributed by atoms with van der Waals surface area (Å²) in [6.45, 7) is 4.06. The van der Waals surface area contributed by atoms with Crippen LogP contribution in [0.3, 0.4) is 0 Å². The van der Waals surface area contributed by atoms with Crippen LogP contribution < -0.4 is 0 Å². The molecule has 3 heteroatoms. The summed E-state index contributed by atoms with van der Waals surface area (Å²) in [6, 6.07) is 8.24. The van der Waals surface area contributed by atoms with Gasteiger partial charge in [0.2, 0.25) is 0 Å². The molecule has 0 radical (unpaired) electrons. The minimum atomic E-state index is -1.96. The maximum atomic E-state index is 12.4. The molecule has 0 amide bonds. The lowest BCUT2D eigenvalue weighted by atomic mass is 10.1. The summed E-state index contributed by atoms with van der Waals surface area (Å²) in [5.41, 5.74) is 2.50. The van der Waals surface area contributed by atoms with Gasteiger partial charge in [-0.2, -0.15) is 0 Å². The van der Waals surface area contributed by atoms with Gasteiger partial charge in [-0.25, -0.2) is 0 Å². The van der Waals surface area contributed by atoms with E-state index in [1.807, 2.05) is 26.0 Å². The maximum Gasteiger partial charge on any atom is 0.0914 e. The highest BCUT2D eigenvalue weighted by molar-refractivity contribution is 9.08. The van der Waals surface area contributed by atoms with E-state index in [9.17, 15) is 4.57 Å². The average molecular weight is 289 g/mol. The fourth-order valence-corrected chi connectivity index (χ4v) is 3.97. The molecule has 0 aliphatic rings. The lowest BCUT2D eigenvalue weighted by Gasteiger charge is -2.16. The quantitative estimate of drug-likeness (QED) is 0.577. The molecule has 0 atom stereocenters. The summed E-state index contributed by atoms with van der Waals surface area (Å²) >= 11 is 3.47. The molecule has 0 spiro atoms.